The van der Waals surface area contributed by atoms with Gasteiger partial charge < -0.3 is 14.5 Å². The van der Waals surface area contributed by atoms with Gasteiger partial charge in [0.05, 0.1) is 7.11 Å². The van der Waals surface area contributed by atoms with Crippen molar-refractivity contribution in [3.8, 4) is 17.1 Å². The summed E-state index contributed by atoms with van der Waals surface area (Å²) >= 11 is 0. The third-order valence-corrected chi connectivity index (χ3v) is 7.23. The number of piperidine rings is 1. The predicted molar refractivity (Wildman–Crippen MR) is 118 cm³/mol. The summed E-state index contributed by atoms with van der Waals surface area (Å²) in [6.07, 6.45) is 2.63. The summed E-state index contributed by atoms with van der Waals surface area (Å²) in [6, 6.07) is 13.3. The Hall–Kier alpha value is -3.17. The summed E-state index contributed by atoms with van der Waals surface area (Å²) in [7, 11) is -2.35. The van der Waals surface area contributed by atoms with Crippen LogP contribution in [0.1, 0.15) is 29.8 Å². The van der Waals surface area contributed by atoms with Crippen LogP contribution in [0.2, 0.25) is 0 Å². The lowest BCUT2D eigenvalue weighted by Gasteiger charge is -2.26. The van der Waals surface area contributed by atoms with Crippen molar-refractivity contribution in [2.45, 2.75) is 24.2 Å². The first-order valence-corrected chi connectivity index (χ1v) is 11.7. The number of hydrogen-bond acceptors (Lipinski definition) is 5. The number of amides is 1. The van der Waals surface area contributed by atoms with Crippen LogP contribution in [0.25, 0.3) is 11.3 Å². The van der Waals surface area contributed by atoms with Gasteiger partial charge in [-0.2, -0.15) is 4.31 Å². The number of nitrogens with one attached hydrogen (secondary N) is 1. The Bertz CT molecular complexity index is 1220. The number of anilines is 1. The van der Waals surface area contributed by atoms with Crippen LogP contribution in [-0.2, 0) is 10.0 Å². The molecule has 0 spiro atoms. The number of furan rings is 1. The maximum atomic E-state index is 13.1. The van der Waals surface area contributed by atoms with Crippen molar-refractivity contribution in [2.75, 3.05) is 25.5 Å². The Labute approximate surface area is 185 Å². The van der Waals surface area contributed by atoms with Crippen LogP contribution in [-0.4, -0.2) is 38.8 Å². The average molecular weight is 459 g/mol. The van der Waals surface area contributed by atoms with Gasteiger partial charge in [-0.3, -0.25) is 4.79 Å². The highest BCUT2D eigenvalue weighted by atomic mass is 32.2. The van der Waals surface area contributed by atoms with E-state index in [9.17, 15) is 17.6 Å². The van der Waals surface area contributed by atoms with E-state index in [1.54, 1.807) is 24.3 Å². The van der Waals surface area contributed by atoms with Crippen molar-refractivity contribution in [2.24, 2.45) is 0 Å². The molecular weight excluding hydrogens is 435 g/mol. The highest BCUT2D eigenvalue weighted by molar-refractivity contribution is 7.89. The third kappa shape index (κ3) is 4.53. The first-order valence-electron chi connectivity index (χ1n) is 10.2. The fourth-order valence-corrected chi connectivity index (χ4v) is 5.32. The van der Waals surface area contributed by atoms with Gasteiger partial charge in [0.15, 0.2) is 5.76 Å². The van der Waals surface area contributed by atoms with Crippen LogP contribution in [0.4, 0.5) is 10.1 Å². The van der Waals surface area contributed by atoms with Crippen LogP contribution in [0.15, 0.2) is 63.9 Å². The van der Waals surface area contributed by atoms with E-state index in [2.05, 4.69) is 5.32 Å². The molecule has 0 saturated carbocycles. The number of carbonyl (C=O) groups is 1. The van der Waals surface area contributed by atoms with Crippen molar-refractivity contribution in [3.05, 3.63) is 66.2 Å². The number of nitrogens with zero attached hydrogens (tertiary/aromatic N) is 1. The second-order valence-electron chi connectivity index (χ2n) is 7.46. The summed E-state index contributed by atoms with van der Waals surface area (Å²) in [5, 5.41) is 2.67. The smallest absolute Gasteiger partial charge is 0.291 e. The molecule has 7 nitrogen and oxygen atoms in total. The Morgan fingerprint density at radius 3 is 2.44 bits per heavy atom. The second kappa shape index (κ2) is 9.13. The fraction of sp³-hybridized carbons (Fsp3) is 0.261. The van der Waals surface area contributed by atoms with Gasteiger partial charge in [0.25, 0.3) is 5.91 Å². The Balaban J connectivity index is 1.56. The molecule has 2 aromatic carbocycles. The van der Waals surface area contributed by atoms with E-state index in [1.165, 1.54) is 41.7 Å². The summed E-state index contributed by atoms with van der Waals surface area (Å²) in [5.41, 5.74) is 0.927. The van der Waals surface area contributed by atoms with Crippen molar-refractivity contribution in [3.63, 3.8) is 0 Å². The van der Waals surface area contributed by atoms with Crippen molar-refractivity contribution in [1.29, 1.82) is 0 Å². The molecule has 0 bridgehead atoms. The molecular formula is C23H23FN2O5S. The number of sulfonamides is 1. The van der Waals surface area contributed by atoms with Gasteiger partial charge in [-0.1, -0.05) is 6.42 Å². The van der Waals surface area contributed by atoms with Gasteiger partial charge >= 0.3 is 0 Å². The number of rotatable bonds is 6. The molecule has 9 heteroatoms. The van der Waals surface area contributed by atoms with E-state index < -0.39 is 15.9 Å². The summed E-state index contributed by atoms with van der Waals surface area (Å²) in [6.45, 7) is 0.918. The van der Waals surface area contributed by atoms with Crippen LogP contribution < -0.4 is 10.1 Å². The molecule has 0 aliphatic carbocycles. The molecule has 0 radical (unpaired) electrons. The number of ether oxygens (including phenoxy) is 1. The van der Waals surface area contributed by atoms with Gasteiger partial charge in [-0.25, -0.2) is 12.8 Å². The maximum Gasteiger partial charge on any atom is 0.291 e. The Morgan fingerprint density at radius 1 is 1.03 bits per heavy atom. The lowest BCUT2D eigenvalue weighted by molar-refractivity contribution is 0.0997. The Kier molecular flexibility index (Phi) is 6.29. The number of carbonyl (C=O) groups excluding carboxylic acids is 1. The second-order valence-corrected chi connectivity index (χ2v) is 9.36. The molecule has 1 aliphatic heterocycles. The van der Waals surface area contributed by atoms with Gasteiger partial charge in [0.2, 0.25) is 10.0 Å². The largest absolute Gasteiger partial charge is 0.495 e. The standard InChI is InChI=1S/C23H23FN2O5S/c1-30-20-10-9-18(15-22(20)32(28,29)26-13-3-2-4-14-26)25-23(27)21-12-11-19(31-21)16-5-7-17(24)8-6-16/h5-12,15H,2-4,13-14H2,1H3,(H,25,27). The van der Waals surface area contributed by atoms with E-state index in [0.717, 1.165) is 19.3 Å². The van der Waals surface area contributed by atoms with Crippen molar-refractivity contribution >= 4 is 21.6 Å². The van der Waals surface area contributed by atoms with Crippen LogP contribution in [0, 0.1) is 5.82 Å². The van der Waals surface area contributed by atoms with Gasteiger partial charge in [-0.05, 0) is 67.4 Å². The average Bonchev–Trinajstić information content (AvgIpc) is 3.30. The normalized spacial score (nSPS) is 14.8. The van der Waals surface area contributed by atoms with Crippen LogP contribution in [0.3, 0.4) is 0 Å². The number of benzene rings is 2. The predicted octanol–water partition coefficient (Wildman–Crippen LogP) is 4.52. The molecule has 1 aliphatic rings. The molecule has 1 aromatic heterocycles. The molecule has 4 rings (SSSR count). The highest BCUT2D eigenvalue weighted by Gasteiger charge is 2.29. The number of halogens is 1. The molecule has 168 valence electrons. The highest BCUT2D eigenvalue weighted by Crippen LogP contribution is 2.31. The first-order chi connectivity index (χ1) is 15.4. The number of methoxy groups -OCH3 is 1. The minimum atomic E-state index is -3.76. The monoisotopic (exact) mass is 458 g/mol. The zero-order valence-electron chi connectivity index (χ0n) is 17.5. The molecule has 1 saturated heterocycles. The summed E-state index contributed by atoms with van der Waals surface area (Å²) in [5.74, 6) is -0.234. The zero-order valence-corrected chi connectivity index (χ0v) is 18.3. The SMILES string of the molecule is COc1ccc(NC(=O)c2ccc(-c3ccc(F)cc3)o2)cc1S(=O)(=O)N1CCCCC1. The van der Waals surface area contributed by atoms with Crippen LogP contribution in [0.5, 0.6) is 5.75 Å². The fourth-order valence-electron chi connectivity index (χ4n) is 3.62. The molecule has 0 unspecified atom stereocenters. The minimum Gasteiger partial charge on any atom is -0.495 e. The molecule has 0 atom stereocenters. The number of hydrogen-bond donors (Lipinski definition) is 1. The van der Waals surface area contributed by atoms with E-state index >= 15 is 0 Å². The molecule has 3 aromatic rings. The minimum absolute atomic E-state index is 0.00569. The van der Waals surface area contributed by atoms with Crippen molar-refractivity contribution < 1.29 is 26.8 Å². The van der Waals surface area contributed by atoms with E-state index in [1.807, 2.05) is 0 Å². The molecule has 1 amide bonds. The van der Waals surface area contributed by atoms with Gasteiger partial charge in [0.1, 0.15) is 22.2 Å². The summed E-state index contributed by atoms with van der Waals surface area (Å²) in [4.78, 5) is 12.7. The molecule has 32 heavy (non-hydrogen) atoms. The maximum absolute atomic E-state index is 13.1. The molecule has 1 fully saturated rings. The van der Waals surface area contributed by atoms with Gasteiger partial charge in [-0.15, -0.1) is 0 Å². The molecule has 2 heterocycles. The third-order valence-electron chi connectivity index (χ3n) is 5.31. The van der Waals surface area contributed by atoms with E-state index in [-0.39, 0.29) is 22.2 Å². The van der Waals surface area contributed by atoms with E-state index in [0.29, 0.717) is 30.1 Å². The lowest BCUT2D eigenvalue weighted by atomic mass is 10.2. The zero-order chi connectivity index (χ0) is 22.7. The first kappa shape index (κ1) is 22.0. The quantitative estimate of drug-likeness (QED) is 0.587. The lowest BCUT2D eigenvalue weighted by Crippen LogP contribution is -2.35. The van der Waals surface area contributed by atoms with Crippen molar-refractivity contribution in [1.82, 2.24) is 4.31 Å². The van der Waals surface area contributed by atoms with Crippen LogP contribution >= 0.6 is 0 Å². The Morgan fingerprint density at radius 2 is 1.75 bits per heavy atom. The van der Waals surface area contributed by atoms with Gasteiger partial charge in [0, 0.05) is 24.3 Å². The summed E-state index contributed by atoms with van der Waals surface area (Å²) < 4.78 is 51.7. The van der Waals surface area contributed by atoms with E-state index in [4.69, 9.17) is 9.15 Å². The molecule has 1 N–H and O–H groups in total. The topological polar surface area (TPSA) is 88.8 Å².